The minimum absolute atomic E-state index is 0.0193. The average Bonchev–Trinajstić information content (AvgIpc) is 3.18. The lowest BCUT2D eigenvalue weighted by molar-refractivity contribution is -0.138. The van der Waals surface area contributed by atoms with E-state index in [0.29, 0.717) is 38.0 Å². The van der Waals surface area contributed by atoms with E-state index in [2.05, 4.69) is 47.1 Å². The molecule has 0 N–H and O–H groups in total. The van der Waals surface area contributed by atoms with Gasteiger partial charge in [-0.1, -0.05) is 74.4 Å². The highest BCUT2D eigenvalue weighted by Crippen LogP contribution is 2.41. The van der Waals surface area contributed by atoms with Crippen molar-refractivity contribution in [2.45, 2.75) is 57.4 Å². The zero-order valence-corrected chi connectivity index (χ0v) is 22.9. The van der Waals surface area contributed by atoms with Crippen molar-refractivity contribution in [3.8, 4) is 0 Å². The Morgan fingerprint density at radius 2 is 1.33 bits per heavy atom. The Morgan fingerprint density at radius 1 is 0.769 bits per heavy atom. The van der Waals surface area contributed by atoms with Crippen LogP contribution in [0.5, 0.6) is 0 Å². The van der Waals surface area contributed by atoms with E-state index < -0.39 is 0 Å². The standard InChI is InChI=1S/C34H40F2N2O/c1-2-6-25-9-19-31(26-7-4-3-5-8-26)32(20-10-25)34(39)38-23-21-37(22-24-38)33(27-11-15-29(35)16-12-27)28-13-17-30(36)18-14-28/h3-5,7-8,11-18,25,31-33H,2,6,9-10,19-24H2,1H3/t25?,31-,32-/m0/s1. The second kappa shape index (κ2) is 12.9. The molecule has 1 aliphatic carbocycles. The lowest BCUT2D eigenvalue weighted by Crippen LogP contribution is -2.51. The summed E-state index contributed by atoms with van der Waals surface area (Å²) in [5.74, 6) is 0.744. The van der Waals surface area contributed by atoms with Gasteiger partial charge in [0, 0.05) is 32.1 Å². The van der Waals surface area contributed by atoms with Crippen LogP contribution in [-0.4, -0.2) is 41.9 Å². The molecule has 0 radical (unpaired) electrons. The largest absolute Gasteiger partial charge is 0.340 e. The predicted molar refractivity (Wildman–Crippen MR) is 152 cm³/mol. The van der Waals surface area contributed by atoms with Crippen molar-refractivity contribution in [3.63, 3.8) is 0 Å². The maximum absolute atomic E-state index is 14.1. The molecule has 0 aromatic heterocycles. The van der Waals surface area contributed by atoms with E-state index in [1.807, 2.05) is 24.3 Å². The number of hydrogen-bond donors (Lipinski definition) is 0. The van der Waals surface area contributed by atoms with E-state index in [0.717, 1.165) is 30.4 Å². The third-order valence-corrected chi connectivity index (χ3v) is 8.86. The molecule has 3 aromatic rings. The van der Waals surface area contributed by atoms with Crippen molar-refractivity contribution in [1.29, 1.82) is 0 Å². The fourth-order valence-electron chi connectivity index (χ4n) is 6.81. The van der Waals surface area contributed by atoms with Crippen molar-refractivity contribution < 1.29 is 13.6 Å². The molecule has 1 saturated carbocycles. The monoisotopic (exact) mass is 530 g/mol. The lowest BCUT2D eigenvalue weighted by Gasteiger charge is -2.41. The molecule has 2 aliphatic rings. The highest BCUT2D eigenvalue weighted by Gasteiger charge is 2.37. The normalized spacial score (nSPS) is 22.6. The molecule has 39 heavy (non-hydrogen) atoms. The summed E-state index contributed by atoms with van der Waals surface area (Å²) in [6.07, 6.45) is 6.80. The maximum Gasteiger partial charge on any atom is 0.226 e. The van der Waals surface area contributed by atoms with Gasteiger partial charge in [-0.15, -0.1) is 0 Å². The van der Waals surface area contributed by atoms with Crippen molar-refractivity contribution >= 4 is 5.91 Å². The predicted octanol–water partition coefficient (Wildman–Crippen LogP) is 7.59. The van der Waals surface area contributed by atoms with Gasteiger partial charge in [0.25, 0.3) is 0 Å². The van der Waals surface area contributed by atoms with Gasteiger partial charge in [-0.2, -0.15) is 0 Å². The van der Waals surface area contributed by atoms with E-state index >= 15 is 0 Å². The average molecular weight is 531 g/mol. The lowest BCUT2D eigenvalue weighted by atomic mass is 9.81. The van der Waals surface area contributed by atoms with E-state index in [1.165, 1.54) is 49.1 Å². The second-order valence-corrected chi connectivity index (χ2v) is 11.3. The number of hydrogen-bond acceptors (Lipinski definition) is 2. The topological polar surface area (TPSA) is 23.6 Å². The van der Waals surface area contributed by atoms with Crippen LogP contribution in [0.4, 0.5) is 8.78 Å². The van der Waals surface area contributed by atoms with Crippen molar-refractivity contribution in [2.24, 2.45) is 11.8 Å². The van der Waals surface area contributed by atoms with Gasteiger partial charge in [-0.25, -0.2) is 8.78 Å². The minimum Gasteiger partial charge on any atom is -0.340 e. The number of benzene rings is 3. The Hall–Kier alpha value is -3.05. The van der Waals surface area contributed by atoms with Crippen LogP contribution in [-0.2, 0) is 4.79 Å². The summed E-state index contributed by atoms with van der Waals surface area (Å²) in [6.45, 7) is 5.01. The number of carbonyl (C=O) groups excluding carboxylic acids is 1. The summed E-state index contributed by atoms with van der Waals surface area (Å²) in [6, 6.07) is 23.7. The Bertz CT molecular complexity index is 1140. The summed E-state index contributed by atoms with van der Waals surface area (Å²) < 4.78 is 27.4. The molecule has 0 spiro atoms. The number of piperazine rings is 1. The molecule has 1 saturated heterocycles. The summed E-state index contributed by atoms with van der Waals surface area (Å²) in [7, 11) is 0. The molecule has 5 heteroatoms. The Morgan fingerprint density at radius 3 is 1.90 bits per heavy atom. The number of nitrogens with zero attached hydrogens (tertiary/aromatic N) is 2. The summed E-state index contributed by atoms with van der Waals surface area (Å²) in [5, 5.41) is 0. The van der Waals surface area contributed by atoms with E-state index in [-0.39, 0.29) is 29.5 Å². The highest BCUT2D eigenvalue weighted by molar-refractivity contribution is 5.80. The van der Waals surface area contributed by atoms with Gasteiger partial charge in [-0.05, 0) is 78.5 Å². The van der Waals surface area contributed by atoms with Crippen LogP contribution in [0.1, 0.15) is 74.1 Å². The fourth-order valence-corrected chi connectivity index (χ4v) is 6.81. The SMILES string of the molecule is CCCC1CC[C@H](C(=O)N2CCN(C(c3ccc(F)cc3)c3ccc(F)cc3)CC2)[C@H](c2ccccc2)CC1. The maximum atomic E-state index is 14.1. The second-order valence-electron chi connectivity index (χ2n) is 11.3. The summed E-state index contributed by atoms with van der Waals surface area (Å²) in [4.78, 5) is 18.5. The van der Waals surface area contributed by atoms with Gasteiger partial charge < -0.3 is 4.90 Å². The van der Waals surface area contributed by atoms with Crippen molar-refractivity contribution in [1.82, 2.24) is 9.80 Å². The van der Waals surface area contributed by atoms with Crippen molar-refractivity contribution in [2.75, 3.05) is 26.2 Å². The van der Waals surface area contributed by atoms with E-state index in [9.17, 15) is 13.6 Å². The first-order valence-electron chi connectivity index (χ1n) is 14.6. The van der Waals surface area contributed by atoms with Crippen LogP contribution in [0.25, 0.3) is 0 Å². The van der Waals surface area contributed by atoms with Gasteiger partial charge in [-0.3, -0.25) is 9.69 Å². The van der Waals surface area contributed by atoms with Crippen LogP contribution in [0.2, 0.25) is 0 Å². The number of amides is 1. The smallest absolute Gasteiger partial charge is 0.226 e. The molecule has 3 atom stereocenters. The molecular weight excluding hydrogens is 490 g/mol. The third-order valence-electron chi connectivity index (χ3n) is 8.86. The van der Waals surface area contributed by atoms with Crippen LogP contribution in [0, 0.1) is 23.5 Å². The summed E-state index contributed by atoms with van der Waals surface area (Å²) in [5.41, 5.74) is 3.23. The van der Waals surface area contributed by atoms with Gasteiger partial charge in [0.2, 0.25) is 5.91 Å². The number of carbonyl (C=O) groups is 1. The number of halogens is 2. The third kappa shape index (κ3) is 6.58. The Balaban J connectivity index is 1.32. The molecule has 1 aliphatic heterocycles. The molecule has 1 heterocycles. The number of rotatable bonds is 7. The first-order valence-corrected chi connectivity index (χ1v) is 14.6. The quantitative estimate of drug-likeness (QED) is 0.294. The van der Waals surface area contributed by atoms with Gasteiger partial charge in [0.1, 0.15) is 11.6 Å². The van der Waals surface area contributed by atoms with Gasteiger partial charge in [0.05, 0.1) is 6.04 Å². The zero-order chi connectivity index (χ0) is 27.2. The van der Waals surface area contributed by atoms with Crippen LogP contribution < -0.4 is 0 Å². The fraction of sp³-hybridized carbons (Fsp3) is 0.441. The molecule has 3 nitrogen and oxygen atoms in total. The molecule has 0 bridgehead atoms. The van der Waals surface area contributed by atoms with Crippen LogP contribution in [0.3, 0.4) is 0 Å². The first kappa shape index (κ1) is 27.5. The Labute approximate surface area is 231 Å². The molecule has 2 fully saturated rings. The van der Waals surface area contributed by atoms with Gasteiger partial charge in [0.15, 0.2) is 0 Å². The molecule has 1 unspecified atom stereocenters. The molecular formula is C34H40F2N2O. The van der Waals surface area contributed by atoms with Crippen LogP contribution in [0.15, 0.2) is 78.9 Å². The Kier molecular flexibility index (Phi) is 9.08. The van der Waals surface area contributed by atoms with E-state index in [4.69, 9.17) is 0 Å². The minimum atomic E-state index is -0.274. The molecule has 1 amide bonds. The van der Waals surface area contributed by atoms with Crippen LogP contribution >= 0.6 is 0 Å². The first-order chi connectivity index (χ1) is 19.0. The zero-order valence-electron chi connectivity index (χ0n) is 22.9. The van der Waals surface area contributed by atoms with Gasteiger partial charge >= 0.3 is 0 Å². The van der Waals surface area contributed by atoms with Crippen molar-refractivity contribution in [3.05, 3.63) is 107 Å². The highest BCUT2D eigenvalue weighted by atomic mass is 19.1. The molecule has 206 valence electrons. The van der Waals surface area contributed by atoms with E-state index in [1.54, 1.807) is 0 Å². The molecule has 5 rings (SSSR count). The molecule has 3 aromatic carbocycles. The summed E-state index contributed by atoms with van der Waals surface area (Å²) >= 11 is 0.